The van der Waals surface area contributed by atoms with Gasteiger partial charge in [0.2, 0.25) is 0 Å². The molecule has 5 heteroatoms. The number of nitrogen functional groups attached to an aromatic ring is 1. The van der Waals surface area contributed by atoms with Gasteiger partial charge in [-0.2, -0.15) is 0 Å². The largest absolute Gasteiger partial charge is 0.396 e. The van der Waals surface area contributed by atoms with Crippen LogP contribution in [0.2, 0.25) is 0 Å². The van der Waals surface area contributed by atoms with Crippen molar-refractivity contribution in [2.24, 2.45) is 0 Å². The SMILES string of the molecule is CC(CN(C)C)NC(=O)c1ccc(N)c(F)c1. The van der Waals surface area contributed by atoms with E-state index in [1.165, 1.54) is 12.1 Å². The molecule has 17 heavy (non-hydrogen) atoms. The molecule has 1 rings (SSSR count). The topological polar surface area (TPSA) is 58.4 Å². The van der Waals surface area contributed by atoms with Gasteiger partial charge in [0.15, 0.2) is 0 Å². The van der Waals surface area contributed by atoms with Crippen LogP contribution in [0.25, 0.3) is 0 Å². The van der Waals surface area contributed by atoms with Crippen LogP contribution >= 0.6 is 0 Å². The number of amides is 1. The number of halogens is 1. The quantitative estimate of drug-likeness (QED) is 0.773. The molecule has 1 aromatic rings. The molecule has 0 saturated carbocycles. The first-order valence-electron chi connectivity index (χ1n) is 5.40. The highest BCUT2D eigenvalue weighted by molar-refractivity contribution is 5.94. The predicted octanol–water partition coefficient (Wildman–Crippen LogP) is 1.09. The fourth-order valence-corrected chi connectivity index (χ4v) is 1.57. The maximum atomic E-state index is 13.2. The van der Waals surface area contributed by atoms with Gasteiger partial charge in [-0.25, -0.2) is 4.39 Å². The van der Waals surface area contributed by atoms with Crippen molar-refractivity contribution in [3.8, 4) is 0 Å². The Hall–Kier alpha value is -1.62. The summed E-state index contributed by atoms with van der Waals surface area (Å²) in [5, 5.41) is 2.79. The number of rotatable bonds is 4. The molecule has 3 N–H and O–H groups in total. The van der Waals surface area contributed by atoms with E-state index in [-0.39, 0.29) is 23.2 Å². The minimum atomic E-state index is -0.571. The first-order chi connectivity index (χ1) is 7.90. The van der Waals surface area contributed by atoms with E-state index in [0.29, 0.717) is 0 Å². The fraction of sp³-hybridized carbons (Fsp3) is 0.417. The van der Waals surface area contributed by atoms with Crippen LogP contribution in [0, 0.1) is 5.82 Å². The highest BCUT2D eigenvalue weighted by Gasteiger charge is 2.11. The number of nitrogens with zero attached hydrogens (tertiary/aromatic N) is 1. The van der Waals surface area contributed by atoms with E-state index in [1.807, 2.05) is 25.9 Å². The molecule has 0 aromatic heterocycles. The first-order valence-corrected chi connectivity index (χ1v) is 5.40. The highest BCUT2D eigenvalue weighted by Crippen LogP contribution is 2.11. The van der Waals surface area contributed by atoms with Gasteiger partial charge in [0, 0.05) is 18.2 Å². The fourth-order valence-electron chi connectivity index (χ4n) is 1.57. The Morgan fingerprint density at radius 1 is 1.53 bits per heavy atom. The van der Waals surface area contributed by atoms with Gasteiger partial charge in [-0.15, -0.1) is 0 Å². The maximum absolute atomic E-state index is 13.2. The van der Waals surface area contributed by atoms with Gasteiger partial charge in [0.05, 0.1) is 5.69 Å². The lowest BCUT2D eigenvalue weighted by atomic mass is 10.1. The second-order valence-electron chi connectivity index (χ2n) is 4.37. The van der Waals surface area contributed by atoms with E-state index in [9.17, 15) is 9.18 Å². The Morgan fingerprint density at radius 2 is 2.18 bits per heavy atom. The van der Waals surface area contributed by atoms with Crippen LogP contribution in [0.3, 0.4) is 0 Å². The molecular formula is C12H18FN3O. The molecule has 4 nitrogen and oxygen atoms in total. The molecule has 0 aliphatic carbocycles. The van der Waals surface area contributed by atoms with Gasteiger partial charge in [-0.1, -0.05) is 0 Å². The van der Waals surface area contributed by atoms with Crippen molar-refractivity contribution >= 4 is 11.6 Å². The van der Waals surface area contributed by atoms with Crippen LogP contribution in [0.1, 0.15) is 17.3 Å². The lowest BCUT2D eigenvalue weighted by molar-refractivity contribution is 0.0934. The van der Waals surface area contributed by atoms with Gasteiger partial charge in [0.1, 0.15) is 5.82 Å². The Kier molecular flexibility index (Phi) is 4.45. The molecule has 1 aromatic carbocycles. The second-order valence-corrected chi connectivity index (χ2v) is 4.37. The summed E-state index contributed by atoms with van der Waals surface area (Å²) in [6.45, 7) is 2.62. The van der Waals surface area contributed by atoms with Gasteiger partial charge in [-0.05, 0) is 39.2 Å². The van der Waals surface area contributed by atoms with Crippen molar-refractivity contribution in [2.75, 3.05) is 26.4 Å². The Morgan fingerprint density at radius 3 is 2.71 bits per heavy atom. The zero-order valence-corrected chi connectivity index (χ0v) is 10.3. The average molecular weight is 239 g/mol. The number of carbonyl (C=O) groups is 1. The van der Waals surface area contributed by atoms with Crippen LogP contribution in [0.5, 0.6) is 0 Å². The summed E-state index contributed by atoms with van der Waals surface area (Å²) in [4.78, 5) is 13.7. The van der Waals surface area contributed by atoms with Crippen molar-refractivity contribution in [1.82, 2.24) is 10.2 Å². The molecule has 0 fully saturated rings. The van der Waals surface area contributed by atoms with Crippen LogP contribution in [-0.4, -0.2) is 37.5 Å². The summed E-state index contributed by atoms with van der Waals surface area (Å²) in [6.07, 6.45) is 0. The lowest BCUT2D eigenvalue weighted by Crippen LogP contribution is -2.39. The third kappa shape index (κ3) is 4.03. The lowest BCUT2D eigenvalue weighted by Gasteiger charge is -2.18. The molecule has 0 heterocycles. The van der Waals surface area contributed by atoms with Crippen LogP contribution in [0.4, 0.5) is 10.1 Å². The maximum Gasteiger partial charge on any atom is 0.251 e. The van der Waals surface area contributed by atoms with E-state index < -0.39 is 5.82 Å². The Balaban J connectivity index is 2.66. The minimum Gasteiger partial charge on any atom is -0.396 e. The van der Waals surface area contributed by atoms with E-state index in [0.717, 1.165) is 12.6 Å². The monoisotopic (exact) mass is 239 g/mol. The Labute approximate surface area is 101 Å². The van der Waals surface area contributed by atoms with Crippen LogP contribution in [-0.2, 0) is 0 Å². The predicted molar refractivity (Wildman–Crippen MR) is 66.3 cm³/mol. The third-order valence-electron chi connectivity index (χ3n) is 2.28. The average Bonchev–Trinajstić information content (AvgIpc) is 2.20. The number of carbonyl (C=O) groups excluding carboxylic acids is 1. The number of hydrogen-bond donors (Lipinski definition) is 2. The number of anilines is 1. The molecule has 0 aliphatic heterocycles. The molecule has 0 radical (unpaired) electrons. The van der Waals surface area contributed by atoms with Crippen molar-refractivity contribution in [3.05, 3.63) is 29.6 Å². The van der Waals surface area contributed by atoms with E-state index in [4.69, 9.17) is 5.73 Å². The van der Waals surface area contributed by atoms with Crippen molar-refractivity contribution < 1.29 is 9.18 Å². The summed E-state index contributed by atoms with van der Waals surface area (Å²) >= 11 is 0. The summed E-state index contributed by atoms with van der Waals surface area (Å²) in [6, 6.07) is 4.04. The Bertz CT molecular complexity index is 407. The summed E-state index contributed by atoms with van der Waals surface area (Å²) in [5.41, 5.74) is 5.67. The van der Waals surface area contributed by atoms with Gasteiger partial charge >= 0.3 is 0 Å². The molecule has 1 atom stereocenters. The molecule has 0 saturated heterocycles. The van der Waals surface area contributed by atoms with E-state index in [1.54, 1.807) is 0 Å². The smallest absolute Gasteiger partial charge is 0.251 e. The number of hydrogen-bond acceptors (Lipinski definition) is 3. The number of likely N-dealkylation sites (N-methyl/N-ethyl adjacent to an activating group) is 1. The molecule has 0 spiro atoms. The number of nitrogens with one attached hydrogen (secondary N) is 1. The van der Waals surface area contributed by atoms with Crippen LogP contribution < -0.4 is 11.1 Å². The van der Waals surface area contributed by atoms with Gasteiger partial charge < -0.3 is 16.0 Å². The van der Waals surface area contributed by atoms with Gasteiger partial charge in [0.25, 0.3) is 5.91 Å². The third-order valence-corrected chi connectivity index (χ3v) is 2.28. The highest BCUT2D eigenvalue weighted by atomic mass is 19.1. The molecule has 1 amide bonds. The van der Waals surface area contributed by atoms with Crippen molar-refractivity contribution in [3.63, 3.8) is 0 Å². The summed E-state index contributed by atoms with van der Waals surface area (Å²) < 4.78 is 13.2. The van der Waals surface area contributed by atoms with Gasteiger partial charge in [-0.3, -0.25) is 4.79 Å². The molecular weight excluding hydrogens is 221 g/mol. The van der Waals surface area contributed by atoms with Crippen LogP contribution in [0.15, 0.2) is 18.2 Å². The first kappa shape index (κ1) is 13.4. The minimum absolute atomic E-state index is 0.00175. The normalized spacial score (nSPS) is 12.5. The van der Waals surface area contributed by atoms with E-state index in [2.05, 4.69) is 5.32 Å². The zero-order chi connectivity index (χ0) is 13.0. The number of benzene rings is 1. The standard InChI is InChI=1S/C12H18FN3O/c1-8(7-16(2)3)15-12(17)9-4-5-11(14)10(13)6-9/h4-6,8H,7,14H2,1-3H3,(H,15,17). The van der Waals surface area contributed by atoms with E-state index >= 15 is 0 Å². The molecule has 1 unspecified atom stereocenters. The van der Waals surface area contributed by atoms with Crippen molar-refractivity contribution in [2.45, 2.75) is 13.0 Å². The molecule has 0 bridgehead atoms. The second kappa shape index (κ2) is 5.63. The molecule has 94 valence electrons. The van der Waals surface area contributed by atoms with Crippen molar-refractivity contribution in [1.29, 1.82) is 0 Å². The molecule has 0 aliphatic rings. The summed E-state index contributed by atoms with van der Waals surface area (Å²) in [5.74, 6) is -0.865. The summed E-state index contributed by atoms with van der Waals surface area (Å²) in [7, 11) is 3.84. The zero-order valence-electron chi connectivity index (χ0n) is 10.3. The number of nitrogens with two attached hydrogens (primary N) is 1.